The predicted octanol–water partition coefficient (Wildman–Crippen LogP) is 3.10. The van der Waals surface area contributed by atoms with Crippen molar-refractivity contribution in [1.29, 1.82) is 0 Å². The zero-order valence-electron chi connectivity index (χ0n) is 12.0. The van der Waals surface area contributed by atoms with Gasteiger partial charge in [-0.2, -0.15) is 0 Å². The average molecular weight is 259 g/mol. The highest BCUT2D eigenvalue weighted by Gasteiger charge is 2.54. The van der Waals surface area contributed by atoms with Crippen molar-refractivity contribution in [3.8, 4) is 0 Å². The molecule has 2 saturated carbocycles. The molecule has 2 fully saturated rings. The lowest BCUT2D eigenvalue weighted by Crippen LogP contribution is -2.41. The van der Waals surface area contributed by atoms with Crippen LogP contribution < -0.4 is 5.73 Å². The van der Waals surface area contributed by atoms with Crippen LogP contribution in [-0.2, 0) is 0 Å². The maximum absolute atomic E-state index is 11.0. The highest BCUT2D eigenvalue weighted by Crippen LogP contribution is 2.60. The smallest absolute Gasteiger partial charge is 0.0861 e. The van der Waals surface area contributed by atoms with E-state index < -0.39 is 6.10 Å². The summed E-state index contributed by atoms with van der Waals surface area (Å²) < 4.78 is 0. The largest absolute Gasteiger partial charge is 0.388 e. The lowest BCUT2D eigenvalue weighted by Gasteiger charge is -2.41. The molecule has 0 amide bonds. The SMILES string of the molecule is Cc1cc(C)cc(C(O)C2(CN)CC3CCC2C3)c1. The number of benzene rings is 1. The molecule has 104 valence electrons. The highest BCUT2D eigenvalue weighted by atomic mass is 16.3. The normalized spacial score (nSPS) is 34.7. The van der Waals surface area contributed by atoms with E-state index in [1.807, 2.05) is 0 Å². The first-order chi connectivity index (χ1) is 9.05. The monoisotopic (exact) mass is 259 g/mol. The molecule has 2 aliphatic carbocycles. The first-order valence-electron chi connectivity index (χ1n) is 7.51. The predicted molar refractivity (Wildman–Crippen MR) is 77.8 cm³/mol. The molecular formula is C17H25NO. The van der Waals surface area contributed by atoms with Gasteiger partial charge in [0.25, 0.3) is 0 Å². The van der Waals surface area contributed by atoms with E-state index in [2.05, 4.69) is 32.0 Å². The van der Waals surface area contributed by atoms with Crippen LogP contribution in [0, 0.1) is 31.1 Å². The lowest BCUT2D eigenvalue weighted by atomic mass is 9.67. The Bertz CT molecular complexity index is 464. The van der Waals surface area contributed by atoms with Crippen LogP contribution in [0.1, 0.15) is 48.5 Å². The Balaban J connectivity index is 1.95. The number of aryl methyl sites for hydroxylation is 2. The molecule has 0 saturated heterocycles. The second kappa shape index (κ2) is 4.60. The number of aliphatic hydroxyl groups excluding tert-OH is 1. The van der Waals surface area contributed by atoms with Gasteiger partial charge in [0.2, 0.25) is 0 Å². The molecule has 2 bridgehead atoms. The van der Waals surface area contributed by atoms with Crippen molar-refractivity contribution in [2.24, 2.45) is 23.0 Å². The van der Waals surface area contributed by atoms with Crippen molar-refractivity contribution in [2.45, 2.75) is 45.6 Å². The number of hydrogen-bond donors (Lipinski definition) is 2. The van der Waals surface area contributed by atoms with Gasteiger partial charge < -0.3 is 10.8 Å². The van der Waals surface area contributed by atoms with E-state index in [0.717, 1.165) is 17.9 Å². The Hall–Kier alpha value is -0.860. The van der Waals surface area contributed by atoms with E-state index in [0.29, 0.717) is 12.5 Å². The van der Waals surface area contributed by atoms with E-state index >= 15 is 0 Å². The van der Waals surface area contributed by atoms with Crippen molar-refractivity contribution in [3.63, 3.8) is 0 Å². The van der Waals surface area contributed by atoms with Crippen LogP contribution in [0.25, 0.3) is 0 Å². The summed E-state index contributed by atoms with van der Waals surface area (Å²) >= 11 is 0. The molecule has 1 aromatic rings. The number of rotatable bonds is 3. The molecule has 3 N–H and O–H groups in total. The first-order valence-corrected chi connectivity index (χ1v) is 7.51. The van der Waals surface area contributed by atoms with E-state index in [1.165, 1.54) is 30.4 Å². The van der Waals surface area contributed by atoms with E-state index in [1.54, 1.807) is 0 Å². The van der Waals surface area contributed by atoms with Gasteiger partial charge in [-0.05, 0) is 50.5 Å². The standard InChI is InChI=1S/C17H25NO/c1-11-5-12(2)7-14(6-11)16(19)17(10-18)9-13-3-4-15(17)8-13/h5-7,13,15-16,19H,3-4,8-10,18H2,1-2H3. The Morgan fingerprint density at radius 3 is 2.42 bits per heavy atom. The summed E-state index contributed by atoms with van der Waals surface area (Å²) in [5, 5.41) is 11.0. The van der Waals surface area contributed by atoms with Crippen LogP contribution in [0.3, 0.4) is 0 Å². The number of nitrogens with two attached hydrogens (primary N) is 1. The van der Waals surface area contributed by atoms with Gasteiger partial charge in [0.05, 0.1) is 6.10 Å². The zero-order valence-corrected chi connectivity index (χ0v) is 12.0. The lowest BCUT2D eigenvalue weighted by molar-refractivity contribution is -0.0131. The summed E-state index contributed by atoms with van der Waals surface area (Å²) in [6.07, 6.45) is 4.59. The number of aliphatic hydroxyl groups is 1. The Morgan fingerprint density at radius 2 is 1.95 bits per heavy atom. The molecule has 4 unspecified atom stereocenters. The second-order valence-corrected chi connectivity index (χ2v) is 6.84. The van der Waals surface area contributed by atoms with Crippen molar-refractivity contribution < 1.29 is 5.11 Å². The fourth-order valence-electron chi connectivity index (χ4n) is 4.68. The van der Waals surface area contributed by atoms with Crippen molar-refractivity contribution >= 4 is 0 Å². The van der Waals surface area contributed by atoms with Gasteiger partial charge in [-0.3, -0.25) is 0 Å². The average Bonchev–Trinajstić information content (AvgIpc) is 2.97. The van der Waals surface area contributed by atoms with E-state index in [-0.39, 0.29) is 5.41 Å². The van der Waals surface area contributed by atoms with E-state index in [9.17, 15) is 5.11 Å². The summed E-state index contributed by atoms with van der Waals surface area (Å²) in [4.78, 5) is 0. The van der Waals surface area contributed by atoms with Gasteiger partial charge in [-0.15, -0.1) is 0 Å². The minimum Gasteiger partial charge on any atom is -0.388 e. The van der Waals surface area contributed by atoms with Crippen LogP contribution in [0.5, 0.6) is 0 Å². The zero-order chi connectivity index (χ0) is 13.6. The minimum atomic E-state index is -0.397. The summed E-state index contributed by atoms with van der Waals surface area (Å²) in [7, 11) is 0. The summed E-state index contributed by atoms with van der Waals surface area (Å²) in [6.45, 7) is 4.81. The van der Waals surface area contributed by atoms with Gasteiger partial charge in [0.1, 0.15) is 0 Å². The van der Waals surface area contributed by atoms with Gasteiger partial charge >= 0.3 is 0 Å². The fourth-order valence-corrected chi connectivity index (χ4v) is 4.68. The molecular weight excluding hydrogens is 234 g/mol. The third kappa shape index (κ3) is 2.02. The summed E-state index contributed by atoms with van der Waals surface area (Å²) in [5.74, 6) is 1.42. The molecule has 2 heteroatoms. The van der Waals surface area contributed by atoms with Crippen LogP contribution in [0.15, 0.2) is 18.2 Å². The van der Waals surface area contributed by atoms with Gasteiger partial charge in [-0.25, -0.2) is 0 Å². The van der Waals surface area contributed by atoms with Crippen LogP contribution in [0.2, 0.25) is 0 Å². The molecule has 0 aromatic heterocycles. The molecule has 19 heavy (non-hydrogen) atoms. The van der Waals surface area contributed by atoms with Gasteiger partial charge in [-0.1, -0.05) is 35.7 Å². The quantitative estimate of drug-likeness (QED) is 0.876. The molecule has 4 atom stereocenters. The van der Waals surface area contributed by atoms with Crippen LogP contribution in [-0.4, -0.2) is 11.7 Å². The molecule has 2 nitrogen and oxygen atoms in total. The third-order valence-corrected chi connectivity index (χ3v) is 5.51. The molecule has 0 heterocycles. The van der Waals surface area contributed by atoms with Crippen LogP contribution in [0.4, 0.5) is 0 Å². The molecule has 0 radical (unpaired) electrons. The van der Waals surface area contributed by atoms with Gasteiger partial charge in [0.15, 0.2) is 0 Å². The Kier molecular flexibility index (Phi) is 3.18. The summed E-state index contributed by atoms with van der Waals surface area (Å²) in [5.41, 5.74) is 9.56. The number of hydrogen-bond acceptors (Lipinski definition) is 2. The number of fused-ring (bicyclic) bond motifs is 2. The maximum Gasteiger partial charge on any atom is 0.0861 e. The fraction of sp³-hybridized carbons (Fsp3) is 0.647. The summed E-state index contributed by atoms with van der Waals surface area (Å²) in [6, 6.07) is 6.41. The maximum atomic E-state index is 11.0. The van der Waals surface area contributed by atoms with Crippen molar-refractivity contribution in [1.82, 2.24) is 0 Å². The molecule has 2 aliphatic rings. The van der Waals surface area contributed by atoms with Crippen molar-refractivity contribution in [3.05, 3.63) is 34.9 Å². The first kappa shape index (κ1) is 13.1. The second-order valence-electron chi connectivity index (χ2n) is 6.84. The Labute approximate surface area is 116 Å². The Morgan fingerprint density at radius 1 is 1.26 bits per heavy atom. The minimum absolute atomic E-state index is 0.0663. The molecule has 3 rings (SSSR count). The van der Waals surface area contributed by atoms with Crippen molar-refractivity contribution in [2.75, 3.05) is 6.54 Å². The third-order valence-electron chi connectivity index (χ3n) is 5.51. The van der Waals surface area contributed by atoms with Crippen LogP contribution >= 0.6 is 0 Å². The van der Waals surface area contributed by atoms with Gasteiger partial charge in [0, 0.05) is 12.0 Å². The highest BCUT2D eigenvalue weighted by molar-refractivity contribution is 5.31. The molecule has 0 spiro atoms. The van der Waals surface area contributed by atoms with E-state index in [4.69, 9.17) is 5.73 Å². The molecule has 1 aromatic carbocycles. The molecule has 0 aliphatic heterocycles. The topological polar surface area (TPSA) is 46.2 Å².